The molecule has 0 N–H and O–H groups in total. The molecule has 0 saturated carbocycles. The summed E-state index contributed by atoms with van der Waals surface area (Å²) in [4.78, 5) is 4.76. The van der Waals surface area contributed by atoms with Crippen LogP contribution < -0.4 is 0 Å². The summed E-state index contributed by atoms with van der Waals surface area (Å²) in [6.45, 7) is 4.13. The first kappa shape index (κ1) is 19.1. The smallest absolute Gasteiger partial charge is 0.245 e. The largest absolute Gasteiger partial charge is 0.337 e. The molecule has 4 rings (SSSR count). The zero-order chi connectivity index (χ0) is 19.9. The van der Waals surface area contributed by atoms with Gasteiger partial charge in [0.1, 0.15) is 6.04 Å². The van der Waals surface area contributed by atoms with Crippen molar-refractivity contribution in [2.75, 3.05) is 6.54 Å². The molecular weight excluding hydrogens is 398 g/mol. The maximum absolute atomic E-state index is 13.3. The van der Waals surface area contributed by atoms with E-state index in [9.17, 15) is 8.42 Å². The summed E-state index contributed by atoms with van der Waals surface area (Å²) in [7, 11) is -3.70. The third-order valence-electron chi connectivity index (χ3n) is 5.04. The highest BCUT2D eigenvalue weighted by molar-refractivity contribution is 7.89. The lowest BCUT2D eigenvalue weighted by molar-refractivity contribution is 0.290. The van der Waals surface area contributed by atoms with Gasteiger partial charge in [-0.15, -0.1) is 0 Å². The Hall–Kier alpha value is -2.22. The van der Waals surface area contributed by atoms with Gasteiger partial charge in [0.15, 0.2) is 0 Å². The standard InChI is InChI=1S/C20H20ClN3O3S/c1-13-6-3-4-7-16(13)19-22-20(27-23-19)17-8-5-11-24(17)28(25,26)18-10-9-15(21)12-14(18)2/h3-4,6-7,9-10,12,17H,5,8,11H2,1-2H3/t17-/m0/s1. The number of benzene rings is 2. The van der Waals surface area contributed by atoms with Crippen LogP contribution in [0.5, 0.6) is 0 Å². The van der Waals surface area contributed by atoms with Gasteiger partial charge in [-0.3, -0.25) is 0 Å². The van der Waals surface area contributed by atoms with Gasteiger partial charge in [0.05, 0.1) is 4.90 Å². The molecule has 2 heterocycles. The Bertz CT molecular complexity index is 1130. The Kier molecular flexibility index (Phi) is 4.99. The second-order valence-electron chi connectivity index (χ2n) is 6.95. The predicted octanol–water partition coefficient (Wildman–Crippen LogP) is 4.53. The quantitative estimate of drug-likeness (QED) is 0.623. The van der Waals surface area contributed by atoms with E-state index in [4.69, 9.17) is 16.1 Å². The summed E-state index contributed by atoms with van der Waals surface area (Å²) < 4.78 is 33.5. The third-order valence-corrected chi connectivity index (χ3v) is 7.34. The zero-order valence-electron chi connectivity index (χ0n) is 15.6. The fraction of sp³-hybridized carbons (Fsp3) is 0.300. The molecule has 0 unspecified atom stereocenters. The van der Waals surface area contributed by atoms with E-state index in [2.05, 4.69) is 10.1 Å². The van der Waals surface area contributed by atoms with Crippen LogP contribution in [0.3, 0.4) is 0 Å². The fourth-order valence-electron chi connectivity index (χ4n) is 3.61. The number of hydrogen-bond acceptors (Lipinski definition) is 5. The summed E-state index contributed by atoms with van der Waals surface area (Å²) in [5, 5.41) is 4.59. The average molecular weight is 418 g/mol. The Morgan fingerprint density at radius 1 is 1.14 bits per heavy atom. The van der Waals surface area contributed by atoms with Crippen LogP contribution in [-0.4, -0.2) is 29.4 Å². The number of halogens is 1. The molecule has 146 valence electrons. The Balaban J connectivity index is 1.69. The van der Waals surface area contributed by atoms with Gasteiger partial charge in [0.25, 0.3) is 0 Å². The van der Waals surface area contributed by atoms with Crippen molar-refractivity contribution in [2.24, 2.45) is 0 Å². The van der Waals surface area contributed by atoms with E-state index in [-0.39, 0.29) is 4.90 Å². The molecule has 2 aromatic carbocycles. The van der Waals surface area contributed by atoms with Crippen LogP contribution in [-0.2, 0) is 10.0 Å². The molecular formula is C20H20ClN3O3S. The van der Waals surface area contributed by atoms with E-state index in [1.807, 2.05) is 31.2 Å². The number of aromatic nitrogens is 2. The van der Waals surface area contributed by atoms with Gasteiger partial charge in [-0.2, -0.15) is 9.29 Å². The number of rotatable bonds is 4. The second-order valence-corrected chi connectivity index (χ2v) is 9.25. The molecule has 6 nitrogen and oxygen atoms in total. The highest BCUT2D eigenvalue weighted by atomic mass is 35.5. The van der Waals surface area contributed by atoms with Gasteiger partial charge >= 0.3 is 0 Å². The zero-order valence-corrected chi connectivity index (χ0v) is 17.2. The molecule has 0 spiro atoms. The van der Waals surface area contributed by atoms with Gasteiger partial charge in [0.2, 0.25) is 21.7 Å². The monoisotopic (exact) mass is 417 g/mol. The van der Waals surface area contributed by atoms with Crippen LogP contribution in [0.15, 0.2) is 51.9 Å². The minimum Gasteiger partial charge on any atom is -0.337 e. The highest BCUT2D eigenvalue weighted by Gasteiger charge is 2.40. The average Bonchev–Trinajstić information content (AvgIpc) is 3.31. The van der Waals surface area contributed by atoms with Crippen LogP contribution in [0.1, 0.15) is 35.9 Å². The maximum Gasteiger partial charge on any atom is 0.245 e. The van der Waals surface area contributed by atoms with Crippen molar-refractivity contribution in [2.45, 2.75) is 37.6 Å². The Labute approximate surface area is 169 Å². The van der Waals surface area contributed by atoms with E-state index in [0.717, 1.165) is 17.5 Å². The van der Waals surface area contributed by atoms with E-state index in [1.165, 1.54) is 4.31 Å². The van der Waals surface area contributed by atoms with E-state index >= 15 is 0 Å². The molecule has 0 aliphatic carbocycles. The lowest BCUT2D eigenvalue weighted by atomic mass is 10.1. The Morgan fingerprint density at radius 2 is 1.93 bits per heavy atom. The number of sulfonamides is 1. The first-order valence-electron chi connectivity index (χ1n) is 9.05. The fourth-order valence-corrected chi connectivity index (χ4v) is 5.69. The molecule has 8 heteroatoms. The lowest BCUT2D eigenvalue weighted by Gasteiger charge is -2.22. The lowest BCUT2D eigenvalue weighted by Crippen LogP contribution is -2.31. The molecule has 1 atom stereocenters. The Morgan fingerprint density at radius 3 is 2.68 bits per heavy atom. The second kappa shape index (κ2) is 7.31. The molecule has 1 aliphatic heterocycles. The first-order chi connectivity index (χ1) is 13.4. The minimum atomic E-state index is -3.70. The summed E-state index contributed by atoms with van der Waals surface area (Å²) in [5.74, 6) is 0.797. The molecule has 28 heavy (non-hydrogen) atoms. The van der Waals surface area contributed by atoms with E-state index in [0.29, 0.717) is 35.3 Å². The highest BCUT2D eigenvalue weighted by Crippen LogP contribution is 2.37. The van der Waals surface area contributed by atoms with Crippen LogP contribution in [0.25, 0.3) is 11.4 Å². The molecule has 0 amide bonds. The van der Waals surface area contributed by atoms with Crippen LogP contribution in [0.4, 0.5) is 0 Å². The van der Waals surface area contributed by atoms with Crippen LogP contribution in [0.2, 0.25) is 5.02 Å². The first-order valence-corrected chi connectivity index (χ1v) is 10.9. The normalized spacial score (nSPS) is 17.9. The van der Waals surface area contributed by atoms with Crippen LogP contribution >= 0.6 is 11.6 Å². The summed E-state index contributed by atoms with van der Waals surface area (Å²) in [6.07, 6.45) is 1.37. The molecule has 1 fully saturated rings. The van der Waals surface area contributed by atoms with Crippen molar-refractivity contribution in [3.8, 4) is 11.4 Å². The van der Waals surface area contributed by atoms with Crippen molar-refractivity contribution in [1.82, 2.24) is 14.4 Å². The van der Waals surface area contributed by atoms with Crippen molar-refractivity contribution < 1.29 is 12.9 Å². The number of nitrogens with zero attached hydrogens (tertiary/aromatic N) is 3. The summed E-state index contributed by atoms with van der Waals surface area (Å²) in [5.41, 5.74) is 2.52. The van der Waals surface area contributed by atoms with Gasteiger partial charge in [-0.05, 0) is 56.0 Å². The number of aryl methyl sites for hydroxylation is 2. The molecule has 1 aromatic heterocycles. The molecule has 1 aliphatic rings. The van der Waals surface area contributed by atoms with E-state index < -0.39 is 16.1 Å². The molecule has 0 bridgehead atoms. The van der Waals surface area contributed by atoms with Gasteiger partial charge < -0.3 is 4.52 Å². The maximum atomic E-state index is 13.3. The van der Waals surface area contributed by atoms with Gasteiger partial charge in [-0.25, -0.2) is 8.42 Å². The van der Waals surface area contributed by atoms with Gasteiger partial charge in [-0.1, -0.05) is 41.0 Å². The summed E-state index contributed by atoms with van der Waals surface area (Å²) in [6, 6.07) is 12.1. The molecule has 0 radical (unpaired) electrons. The van der Waals surface area contributed by atoms with Crippen molar-refractivity contribution in [1.29, 1.82) is 0 Å². The summed E-state index contributed by atoms with van der Waals surface area (Å²) >= 11 is 5.98. The predicted molar refractivity (Wildman–Crippen MR) is 107 cm³/mol. The van der Waals surface area contributed by atoms with Crippen LogP contribution in [0, 0.1) is 13.8 Å². The molecule has 1 saturated heterocycles. The van der Waals surface area contributed by atoms with Gasteiger partial charge in [0, 0.05) is 17.1 Å². The minimum absolute atomic E-state index is 0.252. The SMILES string of the molecule is Cc1ccccc1-c1noc([C@@H]2CCCN2S(=O)(=O)c2ccc(Cl)cc2C)n1. The topological polar surface area (TPSA) is 76.3 Å². The molecule has 3 aromatic rings. The van der Waals surface area contributed by atoms with Crippen molar-refractivity contribution in [3.05, 3.63) is 64.5 Å². The van der Waals surface area contributed by atoms with E-state index in [1.54, 1.807) is 25.1 Å². The van der Waals surface area contributed by atoms with Crippen molar-refractivity contribution in [3.63, 3.8) is 0 Å². The number of hydrogen-bond donors (Lipinski definition) is 0. The van der Waals surface area contributed by atoms with Crippen molar-refractivity contribution >= 4 is 21.6 Å². The third kappa shape index (κ3) is 3.34.